The van der Waals surface area contributed by atoms with Gasteiger partial charge in [-0.25, -0.2) is 0 Å². The first-order chi connectivity index (χ1) is 9.24. The Bertz CT molecular complexity index is 419. The summed E-state index contributed by atoms with van der Waals surface area (Å²) >= 11 is 1.80. The number of nitrogens with one attached hydrogen (secondary N) is 1. The maximum absolute atomic E-state index is 12.4. The Balaban J connectivity index is 1.96. The molecule has 1 atom stereocenters. The van der Waals surface area contributed by atoms with E-state index in [1.165, 1.54) is 5.56 Å². The van der Waals surface area contributed by atoms with Crippen molar-refractivity contribution in [3.8, 4) is 0 Å². The molecule has 1 aliphatic rings. The lowest BCUT2D eigenvalue weighted by Crippen LogP contribution is -2.30. The maximum atomic E-state index is 12.4. The first kappa shape index (κ1) is 14.4. The van der Waals surface area contributed by atoms with Crippen LogP contribution in [0.2, 0.25) is 0 Å². The molecular weight excluding hydrogens is 256 g/mol. The lowest BCUT2D eigenvalue weighted by molar-refractivity contribution is 0.0787. The Morgan fingerprint density at radius 1 is 1.42 bits per heavy atom. The molecule has 1 aromatic rings. The Labute approximate surface area is 119 Å². The molecule has 1 amide bonds. The van der Waals surface area contributed by atoms with E-state index in [-0.39, 0.29) is 5.91 Å². The van der Waals surface area contributed by atoms with E-state index in [4.69, 9.17) is 0 Å². The highest BCUT2D eigenvalue weighted by Crippen LogP contribution is 2.19. The van der Waals surface area contributed by atoms with Crippen molar-refractivity contribution in [1.82, 2.24) is 10.2 Å². The van der Waals surface area contributed by atoms with E-state index in [0.29, 0.717) is 5.92 Å². The van der Waals surface area contributed by atoms with Crippen LogP contribution in [0.25, 0.3) is 0 Å². The van der Waals surface area contributed by atoms with E-state index in [1.54, 1.807) is 11.8 Å². The van der Waals surface area contributed by atoms with Gasteiger partial charge in [0.15, 0.2) is 0 Å². The topological polar surface area (TPSA) is 32.3 Å². The van der Waals surface area contributed by atoms with Gasteiger partial charge in [0.1, 0.15) is 0 Å². The molecule has 1 unspecified atom stereocenters. The summed E-state index contributed by atoms with van der Waals surface area (Å²) < 4.78 is 0. The fourth-order valence-corrected chi connectivity index (χ4v) is 3.09. The van der Waals surface area contributed by atoms with Crippen LogP contribution in [-0.4, -0.2) is 43.7 Å². The third kappa shape index (κ3) is 3.74. The van der Waals surface area contributed by atoms with Crippen molar-refractivity contribution in [3.05, 3.63) is 35.4 Å². The second kappa shape index (κ2) is 6.96. The molecule has 2 rings (SSSR count). The molecule has 4 heteroatoms. The van der Waals surface area contributed by atoms with Gasteiger partial charge in [-0.1, -0.05) is 12.1 Å². The zero-order valence-electron chi connectivity index (χ0n) is 11.7. The van der Waals surface area contributed by atoms with Gasteiger partial charge in [-0.05, 0) is 49.9 Å². The van der Waals surface area contributed by atoms with E-state index < -0.39 is 0 Å². The lowest BCUT2D eigenvalue weighted by atomic mass is 10.1. The lowest BCUT2D eigenvalue weighted by Gasteiger charge is -2.16. The van der Waals surface area contributed by atoms with Crippen LogP contribution in [0.5, 0.6) is 0 Å². The summed E-state index contributed by atoms with van der Waals surface area (Å²) in [4.78, 5) is 14.3. The Kier molecular flexibility index (Phi) is 5.28. The van der Waals surface area contributed by atoms with Crippen LogP contribution in [-0.2, 0) is 5.75 Å². The summed E-state index contributed by atoms with van der Waals surface area (Å²) in [5, 5.41) is 3.19. The fourth-order valence-electron chi connectivity index (χ4n) is 2.57. The highest BCUT2D eigenvalue weighted by atomic mass is 32.2. The number of likely N-dealkylation sites (tertiary alicyclic amines) is 1. The minimum absolute atomic E-state index is 0.175. The smallest absolute Gasteiger partial charge is 0.253 e. The zero-order chi connectivity index (χ0) is 13.7. The summed E-state index contributed by atoms with van der Waals surface area (Å²) in [6.45, 7) is 2.76. The molecule has 1 N–H and O–H groups in total. The van der Waals surface area contributed by atoms with Crippen molar-refractivity contribution in [2.45, 2.75) is 12.2 Å². The second-order valence-corrected chi connectivity index (χ2v) is 5.96. The van der Waals surface area contributed by atoms with Crippen molar-refractivity contribution >= 4 is 17.7 Å². The van der Waals surface area contributed by atoms with Gasteiger partial charge in [-0.3, -0.25) is 4.79 Å². The van der Waals surface area contributed by atoms with E-state index in [1.807, 2.05) is 24.1 Å². The van der Waals surface area contributed by atoms with Gasteiger partial charge < -0.3 is 10.2 Å². The average Bonchev–Trinajstić information content (AvgIpc) is 2.88. The maximum Gasteiger partial charge on any atom is 0.253 e. The highest BCUT2D eigenvalue weighted by Gasteiger charge is 2.26. The Hall–Kier alpha value is -1.00. The van der Waals surface area contributed by atoms with Crippen molar-refractivity contribution < 1.29 is 4.79 Å². The van der Waals surface area contributed by atoms with Crippen LogP contribution in [0, 0.1) is 5.92 Å². The largest absolute Gasteiger partial charge is 0.338 e. The molecule has 19 heavy (non-hydrogen) atoms. The monoisotopic (exact) mass is 278 g/mol. The first-order valence-electron chi connectivity index (χ1n) is 6.76. The molecule has 3 nitrogen and oxygen atoms in total. The average molecular weight is 278 g/mol. The van der Waals surface area contributed by atoms with E-state index >= 15 is 0 Å². The van der Waals surface area contributed by atoms with Crippen LogP contribution in [0.4, 0.5) is 0 Å². The molecule has 0 radical (unpaired) electrons. The number of hydrogen-bond donors (Lipinski definition) is 1. The van der Waals surface area contributed by atoms with Crippen LogP contribution < -0.4 is 5.32 Å². The van der Waals surface area contributed by atoms with Crippen molar-refractivity contribution in [2.24, 2.45) is 5.92 Å². The highest BCUT2D eigenvalue weighted by molar-refractivity contribution is 7.97. The molecular formula is C15H22N2OS. The van der Waals surface area contributed by atoms with Gasteiger partial charge in [0.05, 0.1) is 0 Å². The molecule has 0 bridgehead atoms. The van der Waals surface area contributed by atoms with Crippen molar-refractivity contribution in [2.75, 3.05) is 32.9 Å². The van der Waals surface area contributed by atoms with Gasteiger partial charge in [-0.15, -0.1) is 0 Å². The number of thioether (sulfide) groups is 1. The number of benzene rings is 1. The first-order valence-corrected chi connectivity index (χ1v) is 8.15. The summed E-state index contributed by atoms with van der Waals surface area (Å²) in [6, 6.07) is 8.04. The van der Waals surface area contributed by atoms with Crippen LogP contribution in [0.1, 0.15) is 22.3 Å². The molecule has 0 spiro atoms. The molecule has 1 heterocycles. The molecule has 0 aromatic heterocycles. The standard InChI is InChI=1S/C15H22N2OS/c1-16-9-13-7-8-17(10-13)15(18)14-5-3-12(4-6-14)11-19-2/h3-6,13,16H,7-11H2,1-2H3. The molecule has 1 saturated heterocycles. The van der Waals surface area contributed by atoms with E-state index in [9.17, 15) is 4.79 Å². The minimum atomic E-state index is 0.175. The molecule has 0 saturated carbocycles. The molecule has 1 fully saturated rings. The third-order valence-corrected chi connectivity index (χ3v) is 4.20. The number of carbonyl (C=O) groups is 1. The second-order valence-electron chi connectivity index (χ2n) is 5.09. The fraction of sp³-hybridized carbons (Fsp3) is 0.533. The summed E-state index contributed by atoms with van der Waals surface area (Å²) in [6.07, 6.45) is 3.20. The SMILES string of the molecule is CNCC1CCN(C(=O)c2ccc(CSC)cc2)C1. The number of hydrogen-bond acceptors (Lipinski definition) is 3. The quantitative estimate of drug-likeness (QED) is 0.896. The van der Waals surface area contributed by atoms with Gasteiger partial charge in [-0.2, -0.15) is 11.8 Å². The van der Waals surface area contributed by atoms with Crippen LogP contribution in [0.3, 0.4) is 0 Å². The van der Waals surface area contributed by atoms with Gasteiger partial charge in [0.2, 0.25) is 0 Å². The number of rotatable bonds is 5. The normalized spacial score (nSPS) is 18.8. The summed E-state index contributed by atoms with van der Waals surface area (Å²) in [5.74, 6) is 1.78. The predicted octanol–water partition coefficient (Wildman–Crippen LogP) is 2.23. The number of nitrogens with zero attached hydrogens (tertiary/aromatic N) is 1. The predicted molar refractivity (Wildman–Crippen MR) is 81.6 cm³/mol. The molecule has 104 valence electrons. The van der Waals surface area contributed by atoms with Gasteiger partial charge in [0, 0.05) is 24.4 Å². The number of amides is 1. The van der Waals surface area contributed by atoms with E-state index in [2.05, 4.69) is 23.7 Å². The van der Waals surface area contributed by atoms with E-state index in [0.717, 1.165) is 37.4 Å². The Morgan fingerprint density at radius 3 is 2.79 bits per heavy atom. The molecule has 0 aliphatic carbocycles. The zero-order valence-corrected chi connectivity index (χ0v) is 12.5. The van der Waals surface area contributed by atoms with Crippen molar-refractivity contribution in [1.29, 1.82) is 0 Å². The van der Waals surface area contributed by atoms with Gasteiger partial charge >= 0.3 is 0 Å². The molecule has 1 aromatic carbocycles. The summed E-state index contributed by atoms with van der Waals surface area (Å²) in [7, 11) is 1.97. The van der Waals surface area contributed by atoms with Crippen LogP contribution in [0.15, 0.2) is 24.3 Å². The Morgan fingerprint density at radius 2 is 2.16 bits per heavy atom. The van der Waals surface area contributed by atoms with Gasteiger partial charge in [0.25, 0.3) is 5.91 Å². The summed E-state index contributed by atoms with van der Waals surface area (Å²) in [5.41, 5.74) is 2.09. The van der Waals surface area contributed by atoms with Crippen LogP contribution >= 0.6 is 11.8 Å². The minimum Gasteiger partial charge on any atom is -0.338 e. The number of carbonyl (C=O) groups excluding carboxylic acids is 1. The third-order valence-electron chi connectivity index (χ3n) is 3.58. The molecule has 1 aliphatic heterocycles. The van der Waals surface area contributed by atoms with Crippen molar-refractivity contribution in [3.63, 3.8) is 0 Å².